The summed E-state index contributed by atoms with van der Waals surface area (Å²) in [6.07, 6.45) is 1.96. The first-order valence-corrected chi connectivity index (χ1v) is 7.66. The topological polar surface area (TPSA) is 53.6 Å². The number of nitrogens with zero attached hydrogens (tertiary/aromatic N) is 1. The molecule has 0 radical (unpaired) electrons. The van der Waals surface area contributed by atoms with Crippen molar-refractivity contribution in [3.63, 3.8) is 0 Å². The summed E-state index contributed by atoms with van der Waals surface area (Å²) in [5.74, 6) is 0.0237. The van der Waals surface area contributed by atoms with Crippen molar-refractivity contribution in [2.45, 2.75) is 31.9 Å². The van der Waals surface area contributed by atoms with E-state index in [-0.39, 0.29) is 30.5 Å². The van der Waals surface area contributed by atoms with Crippen LogP contribution in [0.15, 0.2) is 18.2 Å². The molecule has 1 amide bonds. The molecule has 5 nitrogen and oxygen atoms in total. The summed E-state index contributed by atoms with van der Waals surface area (Å²) in [5, 5.41) is 6.22. The van der Waals surface area contributed by atoms with Crippen LogP contribution in [0.4, 0.5) is 11.4 Å². The largest absolute Gasteiger partial charge is 0.380 e. The Labute approximate surface area is 137 Å². The van der Waals surface area contributed by atoms with E-state index in [1.54, 1.807) is 7.11 Å². The normalized spacial score (nSPS) is 23.1. The van der Waals surface area contributed by atoms with E-state index in [4.69, 9.17) is 4.74 Å². The second-order valence-electron chi connectivity index (χ2n) is 5.72. The van der Waals surface area contributed by atoms with Crippen LogP contribution < -0.4 is 15.5 Å². The number of anilines is 2. The number of halogens is 1. The second kappa shape index (κ2) is 7.31. The Hall–Kier alpha value is -1.30. The molecule has 1 saturated heterocycles. The molecular formula is C16H24ClN3O2. The van der Waals surface area contributed by atoms with Crippen LogP contribution in [0.25, 0.3) is 0 Å². The maximum absolute atomic E-state index is 12.3. The van der Waals surface area contributed by atoms with Crippen LogP contribution in [-0.4, -0.2) is 44.8 Å². The average Bonchev–Trinajstić information content (AvgIpc) is 3.13. The van der Waals surface area contributed by atoms with E-state index in [1.165, 1.54) is 11.3 Å². The zero-order valence-corrected chi connectivity index (χ0v) is 13.9. The molecule has 3 rings (SSSR count). The molecule has 122 valence electrons. The van der Waals surface area contributed by atoms with E-state index in [1.807, 2.05) is 6.07 Å². The van der Waals surface area contributed by atoms with E-state index in [0.717, 1.165) is 38.2 Å². The fourth-order valence-electron chi connectivity index (χ4n) is 3.16. The molecule has 6 heteroatoms. The molecule has 22 heavy (non-hydrogen) atoms. The molecule has 0 spiro atoms. The van der Waals surface area contributed by atoms with Crippen molar-refractivity contribution < 1.29 is 9.53 Å². The van der Waals surface area contributed by atoms with Gasteiger partial charge in [-0.15, -0.1) is 12.4 Å². The van der Waals surface area contributed by atoms with Crippen LogP contribution in [0.1, 0.15) is 18.9 Å². The van der Waals surface area contributed by atoms with E-state index in [0.29, 0.717) is 0 Å². The van der Waals surface area contributed by atoms with E-state index in [9.17, 15) is 4.79 Å². The number of methoxy groups -OCH3 is 1. The summed E-state index contributed by atoms with van der Waals surface area (Å²) in [4.78, 5) is 14.6. The molecule has 2 aliphatic rings. The van der Waals surface area contributed by atoms with Gasteiger partial charge in [0.15, 0.2) is 0 Å². The van der Waals surface area contributed by atoms with Crippen molar-refractivity contribution in [2.24, 2.45) is 0 Å². The van der Waals surface area contributed by atoms with Crippen LogP contribution in [0.3, 0.4) is 0 Å². The lowest BCUT2D eigenvalue weighted by Gasteiger charge is -2.18. The SMILES string of the molecule is CCN1CCc2ccc(NC(=O)[C@H]3C[C@H](OC)CN3)cc21.Cl. The Morgan fingerprint density at radius 2 is 2.32 bits per heavy atom. The average molecular weight is 326 g/mol. The highest BCUT2D eigenvalue weighted by Crippen LogP contribution is 2.30. The third kappa shape index (κ3) is 3.37. The summed E-state index contributed by atoms with van der Waals surface area (Å²) in [5.41, 5.74) is 3.50. The summed E-state index contributed by atoms with van der Waals surface area (Å²) in [6.45, 7) is 4.98. The van der Waals surface area contributed by atoms with E-state index in [2.05, 4.69) is 34.6 Å². The van der Waals surface area contributed by atoms with Gasteiger partial charge in [-0.3, -0.25) is 4.79 Å². The molecule has 2 atom stereocenters. The highest BCUT2D eigenvalue weighted by molar-refractivity contribution is 5.95. The standard InChI is InChI=1S/C16H23N3O2.ClH/c1-3-19-7-6-11-4-5-12(8-15(11)19)18-16(20)14-9-13(21-2)10-17-14;/h4-5,8,13-14,17H,3,6-7,9-10H2,1-2H3,(H,18,20);1H/t13-,14+;/m0./s1. The zero-order valence-electron chi connectivity index (χ0n) is 13.1. The van der Waals surface area contributed by atoms with Gasteiger partial charge in [-0.25, -0.2) is 0 Å². The Balaban J connectivity index is 0.00000176. The quantitative estimate of drug-likeness (QED) is 0.886. The fraction of sp³-hybridized carbons (Fsp3) is 0.562. The van der Waals surface area contributed by atoms with Crippen molar-refractivity contribution >= 4 is 29.7 Å². The third-order valence-corrected chi connectivity index (χ3v) is 4.47. The van der Waals surface area contributed by atoms with E-state index < -0.39 is 0 Å². The Morgan fingerprint density at radius 1 is 1.50 bits per heavy atom. The smallest absolute Gasteiger partial charge is 0.241 e. The van der Waals surface area contributed by atoms with Crippen LogP contribution in [-0.2, 0) is 16.0 Å². The molecule has 0 bridgehead atoms. The first-order valence-electron chi connectivity index (χ1n) is 7.66. The second-order valence-corrected chi connectivity index (χ2v) is 5.72. The summed E-state index contributed by atoms with van der Waals surface area (Å²) in [6, 6.07) is 6.05. The Morgan fingerprint density at radius 3 is 3.00 bits per heavy atom. The van der Waals surface area contributed by atoms with Crippen LogP contribution >= 0.6 is 12.4 Å². The molecule has 1 aromatic carbocycles. The monoisotopic (exact) mass is 325 g/mol. The van der Waals surface area contributed by atoms with Gasteiger partial charge in [0.2, 0.25) is 5.91 Å². The van der Waals surface area contributed by atoms with Crippen molar-refractivity contribution in [3.05, 3.63) is 23.8 Å². The molecule has 0 aliphatic carbocycles. The molecule has 0 aromatic heterocycles. The van der Waals surface area contributed by atoms with Gasteiger partial charge in [0.05, 0.1) is 12.1 Å². The first-order chi connectivity index (χ1) is 10.2. The summed E-state index contributed by atoms with van der Waals surface area (Å²) in [7, 11) is 1.69. The lowest BCUT2D eigenvalue weighted by atomic mass is 10.1. The predicted octanol–water partition coefficient (Wildman–Crippen LogP) is 1.81. The fourth-order valence-corrected chi connectivity index (χ4v) is 3.16. The van der Waals surface area contributed by atoms with Gasteiger partial charge < -0.3 is 20.3 Å². The van der Waals surface area contributed by atoms with Gasteiger partial charge in [0.1, 0.15) is 0 Å². The van der Waals surface area contributed by atoms with Crippen LogP contribution in [0.2, 0.25) is 0 Å². The maximum Gasteiger partial charge on any atom is 0.241 e. The van der Waals surface area contributed by atoms with Crippen molar-refractivity contribution in [1.82, 2.24) is 5.32 Å². The number of hydrogen-bond acceptors (Lipinski definition) is 4. The summed E-state index contributed by atoms with van der Waals surface area (Å²) < 4.78 is 5.28. The van der Waals surface area contributed by atoms with Gasteiger partial charge >= 0.3 is 0 Å². The Bertz CT molecular complexity index is 538. The lowest BCUT2D eigenvalue weighted by Crippen LogP contribution is -2.35. The highest BCUT2D eigenvalue weighted by Gasteiger charge is 2.29. The number of carbonyl (C=O) groups excluding carboxylic acids is 1. The molecule has 2 aliphatic heterocycles. The number of hydrogen-bond donors (Lipinski definition) is 2. The number of fused-ring (bicyclic) bond motifs is 1. The van der Waals surface area contributed by atoms with Crippen molar-refractivity contribution in [2.75, 3.05) is 37.0 Å². The molecule has 0 saturated carbocycles. The van der Waals surface area contributed by atoms with E-state index >= 15 is 0 Å². The molecule has 2 heterocycles. The van der Waals surface area contributed by atoms with Crippen LogP contribution in [0.5, 0.6) is 0 Å². The van der Waals surface area contributed by atoms with Crippen LogP contribution in [0, 0.1) is 0 Å². The predicted molar refractivity (Wildman–Crippen MR) is 91.1 cm³/mol. The number of rotatable bonds is 4. The zero-order chi connectivity index (χ0) is 14.8. The van der Waals surface area contributed by atoms with Gasteiger partial charge in [0, 0.05) is 38.1 Å². The minimum atomic E-state index is -0.162. The number of amides is 1. The first kappa shape index (κ1) is 17.1. The van der Waals surface area contributed by atoms with Gasteiger partial charge in [-0.05, 0) is 37.5 Å². The van der Waals surface area contributed by atoms with Crippen molar-refractivity contribution in [3.8, 4) is 0 Å². The number of ether oxygens (including phenoxy) is 1. The minimum absolute atomic E-state index is 0. The molecular weight excluding hydrogens is 302 g/mol. The number of carbonyl (C=O) groups is 1. The van der Waals surface area contributed by atoms with Crippen molar-refractivity contribution in [1.29, 1.82) is 0 Å². The molecule has 2 N–H and O–H groups in total. The third-order valence-electron chi connectivity index (χ3n) is 4.47. The molecule has 1 fully saturated rings. The Kier molecular flexibility index (Phi) is 5.67. The number of benzene rings is 1. The van der Waals surface area contributed by atoms with Gasteiger partial charge in [-0.1, -0.05) is 6.07 Å². The number of nitrogens with one attached hydrogen (secondary N) is 2. The van der Waals surface area contributed by atoms with Gasteiger partial charge in [-0.2, -0.15) is 0 Å². The molecule has 0 unspecified atom stereocenters. The number of likely N-dealkylation sites (N-methyl/N-ethyl adjacent to an activating group) is 1. The lowest BCUT2D eigenvalue weighted by molar-refractivity contribution is -0.118. The summed E-state index contributed by atoms with van der Waals surface area (Å²) >= 11 is 0. The highest BCUT2D eigenvalue weighted by atomic mass is 35.5. The maximum atomic E-state index is 12.3. The minimum Gasteiger partial charge on any atom is -0.380 e. The van der Waals surface area contributed by atoms with Gasteiger partial charge in [0.25, 0.3) is 0 Å². The molecule has 1 aromatic rings.